The van der Waals surface area contributed by atoms with Crippen LogP contribution in [0.1, 0.15) is 20.8 Å². The lowest BCUT2D eigenvalue weighted by Gasteiger charge is -2.47. The van der Waals surface area contributed by atoms with E-state index in [2.05, 4.69) is 18.8 Å². The van der Waals surface area contributed by atoms with Crippen LogP contribution in [-0.2, 0) is 14.2 Å². The molecule has 0 saturated carbocycles. The third kappa shape index (κ3) is 1.09. The summed E-state index contributed by atoms with van der Waals surface area (Å²) in [5.41, 5.74) is 0. The largest absolute Gasteiger partial charge is 0.424 e. The van der Waals surface area contributed by atoms with Crippen molar-refractivity contribution in [1.29, 1.82) is 0 Å². The van der Waals surface area contributed by atoms with Crippen LogP contribution in [0.25, 0.3) is 0 Å². The molecule has 2 heterocycles. The summed E-state index contributed by atoms with van der Waals surface area (Å²) in [4.78, 5) is 4.35. The summed E-state index contributed by atoms with van der Waals surface area (Å²) in [5.74, 6) is 0.181. The molecule has 0 aromatic carbocycles. The first-order chi connectivity index (χ1) is 6.09. The Bertz CT molecular complexity index is 251. The fraction of sp³-hybridized carbons (Fsp3) is 0.889. The van der Waals surface area contributed by atoms with E-state index >= 15 is 0 Å². The standard InChI is InChI=1S/C9H15NO3/c1-5(2)7-8-9(11-4,13-7)12-6(3)10-8/h5,7-8H,1-4H3/t7-,8-,9-/m0/s1. The van der Waals surface area contributed by atoms with Crippen LogP contribution in [0.2, 0.25) is 0 Å². The van der Waals surface area contributed by atoms with Gasteiger partial charge in [0.2, 0.25) is 0 Å². The van der Waals surface area contributed by atoms with Crippen LogP contribution < -0.4 is 0 Å². The van der Waals surface area contributed by atoms with Crippen molar-refractivity contribution in [3.63, 3.8) is 0 Å². The average molecular weight is 185 g/mol. The van der Waals surface area contributed by atoms with Gasteiger partial charge in [-0.1, -0.05) is 13.8 Å². The maximum Gasteiger partial charge on any atom is 0.354 e. The van der Waals surface area contributed by atoms with Gasteiger partial charge in [0.05, 0.1) is 6.10 Å². The molecule has 2 aliphatic rings. The number of aliphatic imine (C=N–C) groups is 1. The highest BCUT2D eigenvalue weighted by Crippen LogP contribution is 2.44. The van der Waals surface area contributed by atoms with Crippen molar-refractivity contribution < 1.29 is 14.2 Å². The fourth-order valence-electron chi connectivity index (χ4n) is 1.83. The molecule has 1 saturated heterocycles. The molecule has 0 radical (unpaired) electrons. The number of hydrogen-bond donors (Lipinski definition) is 0. The molecule has 0 bridgehead atoms. The van der Waals surface area contributed by atoms with E-state index < -0.39 is 5.97 Å². The zero-order chi connectivity index (χ0) is 9.64. The number of nitrogens with zero attached hydrogens (tertiary/aromatic N) is 1. The molecule has 4 heteroatoms. The van der Waals surface area contributed by atoms with E-state index in [4.69, 9.17) is 14.2 Å². The zero-order valence-electron chi connectivity index (χ0n) is 8.40. The summed E-state index contributed by atoms with van der Waals surface area (Å²) < 4.78 is 16.1. The summed E-state index contributed by atoms with van der Waals surface area (Å²) in [6.45, 7) is 6.03. The maximum absolute atomic E-state index is 5.57. The van der Waals surface area contributed by atoms with E-state index in [0.717, 1.165) is 0 Å². The molecule has 0 spiro atoms. The number of fused-ring (bicyclic) bond motifs is 1. The van der Waals surface area contributed by atoms with Crippen LogP contribution in [0.15, 0.2) is 4.99 Å². The van der Waals surface area contributed by atoms with Gasteiger partial charge in [-0.2, -0.15) is 0 Å². The first kappa shape index (κ1) is 8.97. The highest BCUT2D eigenvalue weighted by Gasteiger charge is 2.63. The second-order valence-corrected chi connectivity index (χ2v) is 3.83. The molecule has 0 aromatic rings. The molecular formula is C9H15NO3. The predicted octanol–water partition coefficient (Wildman–Crippen LogP) is 1.16. The molecular weight excluding hydrogens is 170 g/mol. The normalized spacial score (nSPS) is 42.4. The second-order valence-electron chi connectivity index (χ2n) is 3.83. The van der Waals surface area contributed by atoms with Gasteiger partial charge in [-0.3, -0.25) is 0 Å². The zero-order valence-corrected chi connectivity index (χ0v) is 8.40. The SMILES string of the molecule is CO[C@]12OC(C)=N[C@H]1[C@H](C(C)C)O2. The molecule has 0 aliphatic carbocycles. The Morgan fingerprint density at radius 1 is 1.54 bits per heavy atom. The Kier molecular flexibility index (Phi) is 1.85. The lowest BCUT2D eigenvalue weighted by atomic mass is 9.93. The average Bonchev–Trinajstić information content (AvgIpc) is 2.28. The summed E-state index contributed by atoms with van der Waals surface area (Å²) in [7, 11) is 1.58. The quantitative estimate of drug-likeness (QED) is 0.648. The summed E-state index contributed by atoms with van der Waals surface area (Å²) in [6.07, 6.45) is 0.123. The van der Waals surface area contributed by atoms with E-state index in [-0.39, 0.29) is 12.1 Å². The molecule has 0 amide bonds. The highest BCUT2D eigenvalue weighted by atomic mass is 16.9. The first-order valence-electron chi connectivity index (χ1n) is 4.55. The molecule has 0 unspecified atom stereocenters. The number of ether oxygens (including phenoxy) is 3. The van der Waals surface area contributed by atoms with Gasteiger partial charge in [0.25, 0.3) is 0 Å². The van der Waals surface area contributed by atoms with Gasteiger partial charge in [0.1, 0.15) is 0 Å². The summed E-state index contributed by atoms with van der Waals surface area (Å²) in [6, 6.07) is 0.0116. The van der Waals surface area contributed by atoms with Crippen LogP contribution in [-0.4, -0.2) is 31.1 Å². The molecule has 0 N–H and O–H groups in total. The van der Waals surface area contributed by atoms with Gasteiger partial charge in [0, 0.05) is 14.0 Å². The van der Waals surface area contributed by atoms with Crippen LogP contribution in [0, 0.1) is 5.92 Å². The minimum absolute atomic E-state index is 0.0116. The topological polar surface area (TPSA) is 40.0 Å². The number of methoxy groups -OCH3 is 1. The van der Waals surface area contributed by atoms with Gasteiger partial charge >= 0.3 is 5.97 Å². The van der Waals surface area contributed by atoms with Crippen molar-refractivity contribution in [3.05, 3.63) is 0 Å². The highest BCUT2D eigenvalue weighted by molar-refractivity contribution is 5.75. The number of hydrogen-bond acceptors (Lipinski definition) is 4. The van der Waals surface area contributed by atoms with E-state index in [1.807, 2.05) is 6.92 Å². The second kappa shape index (κ2) is 2.69. The molecule has 13 heavy (non-hydrogen) atoms. The minimum atomic E-state index is -0.904. The Labute approximate surface area is 77.9 Å². The Morgan fingerprint density at radius 3 is 2.77 bits per heavy atom. The molecule has 3 atom stereocenters. The molecule has 74 valence electrons. The molecule has 4 nitrogen and oxygen atoms in total. The molecule has 2 rings (SSSR count). The van der Waals surface area contributed by atoms with Crippen molar-refractivity contribution in [3.8, 4) is 0 Å². The van der Waals surface area contributed by atoms with Crippen LogP contribution in [0.5, 0.6) is 0 Å². The van der Waals surface area contributed by atoms with E-state index in [0.29, 0.717) is 11.8 Å². The van der Waals surface area contributed by atoms with Crippen LogP contribution in [0.3, 0.4) is 0 Å². The Morgan fingerprint density at radius 2 is 2.23 bits per heavy atom. The lowest BCUT2D eigenvalue weighted by molar-refractivity contribution is -0.434. The van der Waals surface area contributed by atoms with Gasteiger partial charge in [-0.25, -0.2) is 4.99 Å². The summed E-state index contributed by atoms with van der Waals surface area (Å²) in [5, 5.41) is 0. The number of rotatable bonds is 2. The van der Waals surface area contributed by atoms with Crippen LogP contribution >= 0.6 is 0 Å². The molecule has 2 aliphatic heterocycles. The third-order valence-electron chi connectivity index (χ3n) is 2.53. The van der Waals surface area contributed by atoms with Gasteiger partial charge in [-0.15, -0.1) is 0 Å². The van der Waals surface area contributed by atoms with E-state index in [1.165, 1.54) is 0 Å². The van der Waals surface area contributed by atoms with Gasteiger partial charge in [0.15, 0.2) is 11.9 Å². The first-order valence-corrected chi connectivity index (χ1v) is 4.55. The monoisotopic (exact) mass is 185 g/mol. The van der Waals surface area contributed by atoms with E-state index in [1.54, 1.807) is 7.11 Å². The van der Waals surface area contributed by atoms with Gasteiger partial charge in [-0.05, 0) is 5.92 Å². The Balaban J connectivity index is 2.14. The van der Waals surface area contributed by atoms with E-state index in [9.17, 15) is 0 Å². The van der Waals surface area contributed by atoms with Crippen LogP contribution in [0.4, 0.5) is 0 Å². The third-order valence-corrected chi connectivity index (χ3v) is 2.53. The minimum Gasteiger partial charge on any atom is -0.424 e. The van der Waals surface area contributed by atoms with Crippen molar-refractivity contribution in [2.45, 2.75) is 38.9 Å². The van der Waals surface area contributed by atoms with Crippen molar-refractivity contribution in [1.82, 2.24) is 0 Å². The smallest absolute Gasteiger partial charge is 0.354 e. The summed E-state index contributed by atoms with van der Waals surface area (Å²) >= 11 is 0. The fourth-order valence-corrected chi connectivity index (χ4v) is 1.83. The van der Waals surface area contributed by atoms with Crippen molar-refractivity contribution >= 4 is 5.90 Å². The van der Waals surface area contributed by atoms with Gasteiger partial charge < -0.3 is 14.2 Å². The predicted molar refractivity (Wildman–Crippen MR) is 47.4 cm³/mol. The molecule has 0 aromatic heterocycles. The Hall–Kier alpha value is -0.610. The lowest BCUT2D eigenvalue weighted by Crippen LogP contribution is -2.65. The maximum atomic E-state index is 5.57. The van der Waals surface area contributed by atoms with Crippen molar-refractivity contribution in [2.24, 2.45) is 10.9 Å². The molecule has 1 fully saturated rings. The van der Waals surface area contributed by atoms with Crippen molar-refractivity contribution in [2.75, 3.05) is 7.11 Å².